The van der Waals surface area contributed by atoms with Crippen molar-refractivity contribution >= 4 is 43.2 Å². The van der Waals surface area contributed by atoms with Gasteiger partial charge in [0.05, 0.1) is 21.7 Å². The van der Waals surface area contributed by atoms with E-state index >= 15 is 0 Å². The van der Waals surface area contributed by atoms with E-state index in [9.17, 15) is 18.0 Å². The Morgan fingerprint density at radius 1 is 1.18 bits per heavy atom. The molecule has 2 aromatic carbocycles. The maximum Gasteiger partial charge on any atom is 0.308 e. The van der Waals surface area contributed by atoms with Crippen molar-refractivity contribution < 1.29 is 13.2 Å². The van der Waals surface area contributed by atoms with Crippen LogP contribution in [0.1, 0.15) is 12.5 Å². The van der Waals surface area contributed by atoms with Gasteiger partial charge >= 0.3 is 4.87 Å². The number of likely N-dealkylation sites (N-methyl/N-ethyl adjacent to an activating group) is 1. The van der Waals surface area contributed by atoms with E-state index in [0.29, 0.717) is 12.2 Å². The van der Waals surface area contributed by atoms with Crippen LogP contribution in [0.2, 0.25) is 0 Å². The number of rotatable bonds is 6. The molecule has 0 aliphatic carbocycles. The Morgan fingerprint density at radius 3 is 2.50 bits per heavy atom. The van der Waals surface area contributed by atoms with Crippen molar-refractivity contribution in [3.63, 3.8) is 0 Å². The summed E-state index contributed by atoms with van der Waals surface area (Å²) in [6.07, 6.45) is 0. The van der Waals surface area contributed by atoms with Crippen LogP contribution in [-0.4, -0.2) is 36.8 Å². The number of anilines is 1. The molecule has 1 aromatic heterocycles. The number of hydrogen-bond donors (Lipinski definition) is 1. The van der Waals surface area contributed by atoms with Crippen molar-refractivity contribution in [1.29, 1.82) is 0 Å². The molecule has 0 radical (unpaired) electrons. The van der Waals surface area contributed by atoms with Crippen molar-refractivity contribution in [2.75, 3.05) is 18.9 Å². The Kier molecular flexibility index (Phi) is 5.69. The van der Waals surface area contributed by atoms with Gasteiger partial charge in [-0.3, -0.25) is 14.2 Å². The van der Waals surface area contributed by atoms with Crippen LogP contribution in [0, 0.1) is 6.92 Å². The second-order valence-corrected chi connectivity index (χ2v) is 9.46. The molecule has 0 saturated heterocycles. The first-order valence-corrected chi connectivity index (χ1v) is 10.9. The number of benzene rings is 2. The number of sulfonamides is 1. The summed E-state index contributed by atoms with van der Waals surface area (Å²) in [5, 5.41) is 2.69. The van der Waals surface area contributed by atoms with Crippen LogP contribution >= 0.6 is 11.3 Å². The average Bonchev–Trinajstić information content (AvgIpc) is 2.96. The summed E-state index contributed by atoms with van der Waals surface area (Å²) in [7, 11) is -2.39. The monoisotopic (exact) mass is 419 g/mol. The van der Waals surface area contributed by atoms with E-state index in [1.54, 1.807) is 34.9 Å². The lowest BCUT2D eigenvalue weighted by atomic mass is 10.2. The molecule has 1 amide bonds. The van der Waals surface area contributed by atoms with Crippen molar-refractivity contribution in [2.24, 2.45) is 0 Å². The molecule has 0 fully saturated rings. The molecule has 1 heterocycles. The maximum atomic E-state index is 12.6. The molecular weight excluding hydrogens is 398 g/mol. The lowest BCUT2D eigenvalue weighted by Gasteiger charge is -2.17. The van der Waals surface area contributed by atoms with Crippen LogP contribution in [0.4, 0.5) is 5.69 Å². The third-order valence-electron chi connectivity index (χ3n) is 4.36. The molecule has 9 heteroatoms. The summed E-state index contributed by atoms with van der Waals surface area (Å²) in [5.74, 6) is -0.459. The van der Waals surface area contributed by atoms with Gasteiger partial charge in [-0.15, -0.1) is 0 Å². The highest BCUT2D eigenvalue weighted by Crippen LogP contribution is 2.22. The van der Waals surface area contributed by atoms with Crippen LogP contribution in [0.5, 0.6) is 0 Å². The van der Waals surface area contributed by atoms with Gasteiger partial charge in [0.2, 0.25) is 15.9 Å². The van der Waals surface area contributed by atoms with Gasteiger partial charge < -0.3 is 5.32 Å². The number of thiazole rings is 1. The van der Waals surface area contributed by atoms with Crippen molar-refractivity contribution in [3.05, 3.63) is 57.7 Å². The molecule has 3 rings (SSSR count). The fourth-order valence-corrected chi connectivity index (χ4v) is 4.94. The number of aromatic nitrogens is 1. The fourth-order valence-electron chi connectivity index (χ4n) is 2.82. The van der Waals surface area contributed by atoms with Gasteiger partial charge in [-0.2, -0.15) is 4.31 Å². The second-order valence-electron chi connectivity index (χ2n) is 6.42. The van der Waals surface area contributed by atoms with Gasteiger partial charge in [0.1, 0.15) is 0 Å². The second kappa shape index (κ2) is 7.86. The van der Waals surface area contributed by atoms with Crippen molar-refractivity contribution in [1.82, 2.24) is 8.87 Å². The van der Waals surface area contributed by atoms with Crippen LogP contribution in [0.25, 0.3) is 10.2 Å². The first kappa shape index (κ1) is 20.2. The fraction of sp³-hybridized carbons (Fsp3) is 0.263. The summed E-state index contributed by atoms with van der Waals surface area (Å²) < 4.78 is 28.6. The largest absolute Gasteiger partial charge is 0.325 e. The van der Waals surface area contributed by atoms with E-state index in [2.05, 4.69) is 5.32 Å². The zero-order valence-corrected chi connectivity index (χ0v) is 17.4. The number of carbonyl (C=O) groups excluding carboxylic acids is 1. The van der Waals surface area contributed by atoms with E-state index < -0.39 is 15.9 Å². The predicted octanol–water partition coefficient (Wildman–Crippen LogP) is 2.65. The van der Waals surface area contributed by atoms with E-state index in [1.165, 1.54) is 19.2 Å². The smallest absolute Gasteiger partial charge is 0.308 e. The highest BCUT2D eigenvalue weighted by Gasteiger charge is 2.23. The third-order valence-corrected chi connectivity index (χ3v) is 7.12. The predicted molar refractivity (Wildman–Crippen MR) is 111 cm³/mol. The summed E-state index contributed by atoms with van der Waals surface area (Å²) in [6, 6.07) is 11.7. The zero-order chi connectivity index (χ0) is 20.5. The molecule has 3 aromatic rings. The number of nitrogens with one attached hydrogen (secondary N) is 1. The SMILES string of the molecule is CCn1c(=O)sc2cc(NC(=O)CN(C)S(=O)(=O)c3ccc(C)cc3)ccc21. The first-order chi connectivity index (χ1) is 13.2. The Labute approximate surface area is 167 Å². The topological polar surface area (TPSA) is 88.5 Å². The minimum absolute atomic E-state index is 0.0510. The summed E-state index contributed by atoms with van der Waals surface area (Å²) in [6.45, 7) is 4.02. The number of fused-ring (bicyclic) bond motifs is 1. The molecule has 0 saturated carbocycles. The van der Waals surface area contributed by atoms with Crippen molar-refractivity contribution in [3.8, 4) is 0 Å². The normalized spacial score (nSPS) is 11.9. The number of carbonyl (C=O) groups is 1. The van der Waals surface area contributed by atoms with Crippen LogP contribution < -0.4 is 10.2 Å². The summed E-state index contributed by atoms with van der Waals surface area (Å²) in [4.78, 5) is 24.4. The van der Waals surface area contributed by atoms with Gasteiger partial charge in [-0.05, 0) is 44.2 Å². The highest BCUT2D eigenvalue weighted by molar-refractivity contribution is 7.89. The Morgan fingerprint density at radius 2 is 1.86 bits per heavy atom. The Hall–Kier alpha value is -2.49. The van der Waals surface area contributed by atoms with Gasteiger partial charge in [-0.25, -0.2) is 8.42 Å². The lowest BCUT2D eigenvalue weighted by molar-refractivity contribution is -0.116. The van der Waals surface area contributed by atoms with E-state index in [1.807, 2.05) is 13.8 Å². The molecule has 0 aliphatic rings. The number of amides is 1. The molecule has 0 bridgehead atoms. The minimum Gasteiger partial charge on any atom is -0.325 e. The minimum atomic E-state index is -3.75. The van der Waals surface area contributed by atoms with Gasteiger partial charge in [0.15, 0.2) is 0 Å². The highest BCUT2D eigenvalue weighted by atomic mass is 32.2. The quantitative estimate of drug-likeness (QED) is 0.665. The average molecular weight is 420 g/mol. The number of nitrogens with zero attached hydrogens (tertiary/aromatic N) is 2. The summed E-state index contributed by atoms with van der Waals surface area (Å²) in [5.41, 5.74) is 2.28. The summed E-state index contributed by atoms with van der Waals surface area (Å²) >= 11 is 1.11. The van der Waals surface area contributed by atoms with E-state index in [4.69, 9.17) is 0 Å². The molecule has 0 aliphatic heterocycles. The van der Waals surface area contributed by atoms with Gasteiger partial charge in [-0.1, -0.05) is 29.0 Å². The Balaban J connectivity index is 1.73. The lowest BCUT2D eigenvalue weighted by Crippen LogP contribution is -2.34. The van der Waals surface area contributed by atoms with Crippen LogP contribution in [0.3, 0.4) is 0 Å². The number of aryl methyl sites for hydroxylation is 2. The molecule has 0 spiro atoms. The molecule has 148 valence electrons. The van der Waals surface area contributed by atoms with Gasteiger partial charge in [0.25, 0.3) is 0 Å². The molecule has 28 heavy (non-hydrogen) atoms. The van der Waals surface area contributed by atoms with Crippen molar-refractivity contribution in [2.45, 2.75) is 25.3 Å². The standard InChI is InChI=1S/C19H21N3O4S2/c1-4-22-16-10-7-14(11-17(16)27-19(22)24)20-18(23)12-21(3)28(25,26)15-8-5-13(2)6-9-15/h5-11H,4,12H2,1-3H3,(H,20,23). The molecule has 0 atom stereocenters. The van der Waals surface area contributed by atoms with Crippen LogP contribution in [0.15, 0.2) is 52.2 Å². The first-order valence-electron chi connectivity index (χ1n) is 8.68. The van der Waals surface area contributed by atoms with E-state index in [0.717, 1.165) is 31.4 Å². The molecule has 0 unspecified atom stereocenters. The maximum absolute atomic E-state index is 12.6. The Bertz CT molecular complexity index is 1180. The molecule has 1 N–H and O–H groups in total. The molecular formula is C19H21N3O4S2. The third kappa shape index (κ3) is 4.01. The number of hydrogen-bond acceptors (Lipinski definition) is 5. The molecule has 7 nitrogen and oxygen atoms in total. The van der Waals surface area contributed by atoms with Gasteiger partial charge in [0, 0.05) is 19.3 Å². The van der Waals surface area contributed by atoms with Crippen LogP contribution in [-0.2, 0) is 21.4 Å². The van der Waals surface area contributed by atoms with E-state index in [-0.39, 0.29) is 16.3 Å². The zero-order valence-electron chi connectivity index (χ0n) is 15.8.